The second-order valence-electron chi connectivity index (χ2n) is 5.03. The molecule has 0 bridgehead atoms. The minimum atomic E-state index is -0.0273. The van der Waals surface area contributed by atoms with Crippen LogP contribution in [0.4, 0.5) is 0 Å². The van der Waals surface area contributed by atoms with Crippen molar-refractivity contribution in [2.75, 3.05) is 20.1 Å². The maximum atomic E-state index is 12.0. The molecule has 1 rings (SSSR count). The number of rotatable bonds is 5. The van der Waals surface area contributed by atoms with E-state index in [9.17, 15) is 4.79 Å². The van der Waals surface area contributed by atoms with Crippen LogP contribution in [0.3, 0.4) is 0 Å². The number of likely N-dealkylation sites (N-methyl/N-ethyl adjacent to an activating group) is 1. The van der Waals surface area contributed by atoms with E-state index in [1.807, 2.05) is 18.5 Å². The molecule has 0 saturated heterocycles. The summed E-state index contributed by atoms with van der Waals surface area (Å²) in [7, 11) is 1.84. The normalized spacial score (nSPS) is 11.6. The van der Waals surface area contributed by atoms with Crippen LogP contribution in [0.2, 0.25) is 0 Å². The van der Waals surface area contributed by atoms with Gasteiger partial charge in [-0.3, -0.25) is 4.79 Å². The van der Waals surface area contributed by atoms with Crippen molar-refractivity contribution in [3.8, 4) is 0 Å². The summed E-state index contributed by atoms with van der Waals surface area (Å²) < 4.78 is 1.04. The lowest BCUT2D eigenvalue weighted by Gasteiger charge is -2.29. The third-order valence-electron chi connectivity index (χ3n) is 2.59. The van der Waals surface area contributed by atoms with E-state index in [2.05, 4.69) is 29.8 Å². The Labute approximate surface area is 115 Å². The largest absolute Gasteiger partial charge is 0.345 e. The number of nitrogens with two attached hydrogens (primary N) is 1. The molecule has 0 radical (unpaired) electrons. The van der Waals surface area contributed by atoms with E-state index in [1.54, 1.807) is 16.2 Å². The molecular weight excluding hydrogens is 300 g/mol. The Hall–Kier alpha value is -0.390. The topological polar surface area (TPSA) is 46.3 Å². The molecule has 1 amide bonds. The van der Waals surface area contributed by atoms with Crippen LogP contribution in [0.5, 0.6) is 0 Å². The Kier molecular flexibility index (Phi) is 5.16. The third kappa shape index (κ3) is 4.77. The van der Waals surface area contributed by atoms with E-state index < -0.39 is 0 Å². The first-order valence-corrected chi connectivity index (χ1v) is 7.18. The molecule has 96 valence electrons. The van der Waals surface area contributed by atoms with Crippen molar-refractivity contribution in [3.05, 3.63) is 20.8 Å². The van der Waals surface area contributed by atoms with Gasteiger partial charge in [0.1, 0.15) is 0 Å². The van der Waals surface area contributed by atoms with Crippen molar-refractivity contribution in [3.63, 3.8) is 0 Å². The van der Waals surface area contributed by atoms with Crippen LogP contribution < -0.4 is 5.73 Å². The monoisotopic (exact) mass is 318 g/mol. The number of hydrogen-bond donors (Lipinski definition) is 1. The molecule has 1 aromatic rings. The fourth-order valence-electron chi connectivity index (χ4n) is 1.53. The van der Waals surface area contributed by atoms with Gasteiger partial charge in [0.15, 0.2) is 0 Å². The quantitative estimate of drug-likeness (QED) is 0.906. The summed E-state index contributed by atoms with van der Waals surface area (Å²) in [4.78, 5) is 14.8. The molecule has 5 heteroatoms. The first-order chi connectivity index (χ1) is 7.84. The highest BCUT2D eigenvalue weighted by molar-refractivity contribution is 9.10. The van der Waals surface area contributed by atoms with Gasteiger partial charge in [0.25, 0.3) is 0 Å². The van der Waals surface area contributed by atoms with Gasteiger partial charge in [0.2, 0.25) is 5.91 Å². The number of hydrogen-bond acceptors (Lipinski definition) is 3. The highest BCUT2D eigenvalue weighted by Crippen LogP contribution is 2.21. The predicted octanol–water partition coefficient (Wildman–Crippen LogP) is 2.50. The fraction of sp³-hybridized carbons (Fsp3) is 0.583. The second-order valence-corrected chi connectivity index (χ2v) is 6.94. The Morgan fingerprint density at radius 2 is 2.24 bits per heavy atom. The Morgan fingerprint density at radius 3 is 2.71 bits per heavy atom. The first kappa shape index (κ1) is 14.7. The summed E-state index contributed by atoms with van der Waals surface area (Å²) in [6, 6.07) is 1.99. The molecule has 0 aromatic carbocycles. The van der Waals surface area contributed by atoms with Gasteiger partial charge in [-0.25, -0.2) is 0 Å². The lowest BCUT2D eigenvalue weighted by Crippen LogP contribution is -2.40. The van der Waals surface area contributed by atoms with Crippen LogP contribution in [-0.2, 0) is 11.2 Å². The zero-order valence-corrected chi connectivity index (χ0v) is 12.9. The molecule has 0 unspecified atom stereocenters. The summed E-state index contributed by atoms with van der Waals surface area (Å²) in [5.74, 6) is 0.140. The van der Waals surface area contributed by atoms with Crippen molar-refractivity contribution in [1.29, 1.82) is 0 Å². The van der Waals surface area contributed by atoms with Gasteiger partial charge in [-0.15, -0.1) is 11.3 Å². The van der Waals surface area contributed by atoms with E-state index in [-0.39, 0.29) is 11.3 Å². The van der Waals surface area contributed by atoms with Crippen molar-refractivity contribution in [2.45, 2.75) is 20.3 Å². The summed E-state index contributed by atoms with van der Waals surface area (Å²) >= 11 is 4.99. The smallest absolute Gasteiger partial charge is 0.227 e. The summed E-state index contributed by atoms with van der Waals surface area (Å²) in [6.45, 7) is 5.40. The van der Waals surface area contributed by atoms with E-state index >= 15 is 0 Å². The van der Waals surface area contributed by atoms with E-state index in [1.165, 1.54) is 0 Å². The molecule has 17 heavy (non-hydrogen) atoms. The molecule has 0 spiro atoms. The molecule has 0 aliphatic rings. The lowest BCUT2D eigenvalue weighted by atomic mass is 9.93. The van der Waals surface area contributed by atoms with Crippen LogP contribution in [-0.4, -0.2) is 30.9 Å². The van der Waals surface area contributed by atoms with Crippen molar-refractivity contribution >= 4 is 33.2 Å². The molecule has 2 N–H and O–H groups in total. The van der Waals surface area contributed by atoms with Gasteiger partial charge in [-0.2, -0.15) is 0 Å². The highest BCUT2D eigenvalue weighted by Gasteiger charge is 2.21. The molecule has 0 fully saturated rings. The number of carbonyl (C=O) groups is 1. The van der Waals surface area contributed by atoms with Crippen molar-refractivity contribution < 1.29 is 4.79 Å². The molecule has 1 aromatic heterocycles. The second kappa shape index (κ2) is 5.98. The number of halogens is 1. The molecule has 0 atom stereocenters. The highest BCUT2D eigenvalue weighted by atomic mass is 79.9. The molecule has 0 saturated carbocycles. The minimum Gasteiger partial charge on any atom is -0.345 e. The lowest BCUT2D eigenvalue weighted by molar-refractivity contribution is -0.130. The van der Waals surface area contributed by atoms with Gasteiger partial charge in [0, 0.05) is 28.3 Å². The van der Waals surface area contributed by atoms with Crippen LogP contribution >= 0.6 is 27.3 Å². The van der Waals surface area contributed by atoms with Gasteiger partial charge in [-0.05, 0) is 34.0 Å². The van der Waals surface area contributed by atoms with E-state index in [0.29, 0.717) is 19.5 Å². The number of nitrogens with zero attached hydrogens (tertiary/aromatic N) is 1. The molecular formula is C12H19BrN2OS. The first-order valence-electron chi connectivity index (χ1n) is 5.51. The predicted molar refractivity (Wildman–Crippen MR) is 76.2 cm³/mol. The number of thiophene rings is 1. The fourth-order valence-corrected chi connectivity index (χ4v) is 2.97. The van der Waals surface area contributed by atoms with Gasteiger partial charge in [0.05, 0.1) is 6.42 Å². The van der Waals surface area contributed by atoms with E-state index in [0.717, 1.165) is 9.35 Å². The van der Waals surface area contributed by atoms with Crippen LogP contribution in [0.1, 0.15) is 18.7 Å². The SMILES string of the molecule is CN(CC(C)(C)CN)C(=O)Cc1cc(Br)cs1. The molecule has 0 aliphatic carbocycles. The average molecular weight is 319 g/mol. The van der Waals surface area contributed by atoms with Gasteiger partial charge < -0.3 is 10.6 Å². The molecule has 3 nitrogen and oxygen atoms in total. The van der Waals surface area contributed by atoms with Crippen LogP contribution in [0, 0.1) is 5.41 Å². The molecule has 0 aliphatic heterocycles. The zero-order chi connectivity index (χ0) is 13.1. The molecule has 1 heterocycles. The van der Waals surface area contributed by atoms with Gasteiger partial charge >= 0.3 is 0 Å². The number of amides is 1. The summed E-state index contributed by atoms with van der Waals surface area (Å²) in [5, 5.41) is 1.99. The minimum absolute atomic E-state index is 0.0273. The maximum Gasteiger partial charge on any atom is 0.227 e. The Bertz CT molecular complexity index is 390. The van der Waals surface area contributed by atoms with Crippen LogP contribution in [0.25, 0.3) is 0 Å². The standard InChI is InChI=1S/C12H19BrN2OS/c1-12(2,7-14)8-15(3)11(16)5-10-4-9(13)6-17-10/h4,6H,5,7-8,14H2,1-3H3. The Morgan fingerprint density at radius 1 is 1.59 bits per heavy atom. The summed E-state index contributed by atoms with van der Waals surface area (Å²) in [6.07, 6.45) is 0.466. The third-order valence-corrected chi connectivity index (χ3v) is 4.29. The van der Waals surface area contributed by atoms with Crippen molar-refractivity contribution in [1.82, 2.24) is 4.90 Å². The van der Waals surface area contributed by atoms with E-state index in [4.69, 9.17) is 5.73 Å². The number of carbonyl (C=O) groups excluding carboxylic acids is 1. The van der Waals surface area contributed by atoms with Crippen molar-refractivity contribution in [2.24, 2.45) is 11.1 Å². The zero-order valence-electron chi connectivity index (χ0n) is 10.5. The van der Waals surface area contributed by atoms with Crippen LogP contribution in [0.15, 0.2) is 15.9 Å². The summed E-state index contributed by atoms with van der Waals surface area (Å²) in [5.41, 5.74) is 5.64. The van der Waals surface area contributed by atoms with Gasteiger partial charge in [-0.1, -0.05) is 13.8 Å². The average Bonchev–Trinajstić information content (AvgIpc) is 2.63. The maximum absolute atomic E-state index is 12.0. The Balaban J connectivity index is 2.53.